The van der Waals surface area contributed by atoms with Gasteiger partial charge in [0.2, 0.25) is 0 Å². The molecular weight excluding hydrogens is 268 g/mol. The molecule has 5 nitrogen and oxygen atoms in total. The summed E-state index contributed by atoms with van der Waals surface area (Å²) in [6.45, 7) is 2.21. The van der Waals surface area contributed by atoms with E-state index in [4.69, 9.17) is 4.74 Å². The number of benzene rings is 2. The molecule has 0 unspecified atom stereocenters. The van der Waals surface area contributed by atoms with Gasteiger partial charge in [-0.05, 0) is 31.2 Å². The Kier molecular flexibility index (Phi) is 4.93. The fourth-order valence-electron chi connectivity index (χ4n) is 1.82. The zero-order valence-corrected chi connectivity index (χ0v) is 11.7. The van der Waals surface area contributed by atoms with Crippen LogP contribution in [0.1, 0.15) is 6.92 Å². The number of rotatable bonds is 3. The molecule has 0 spiro atoms. The van der Waals surface area contributed by atoms with E-state index in [0.717, 1.165) is 0 Å². The number of carbonyl (C=O) groups is 2. The van der Waals surface area contributed by atoms with Crippen LogP contribution >= 0.6 is 0 Å². The summed E-state index contributed by atoms with van der Waals surface area (Å²) < 4.78 is 4.80. The van der Waals surface area contributed by atoms with Crippen LogP contribution in [0.4, 0.5) is 21.0 Å². The number of nitrogens with zero attached hydrogens (tertiary/aromatic N) is 1. The second-order valence-electron chi connectivity index (χ2n) is 4.23. The quantitative estimate of drug-likeness (QED) is 0.870. The summed E-state index contributed by atoms with van der Waals surface area (Å²) in [4.78, 5) is 25.1. The van der Waals surface area contributed by atoms with Gasteiger partial charge in [0.25, 0.3) is 0 Å². The molecule has 0 fully saturated rings. The van der Waals surface area contributed by atoms with Crippen LogP contribution in [0.15, 0.2) is 60.7 Å². The topological polar surface area (TPSA) is 58.6 Å². The Hall–Kier alpha value is -2.82. The van der Waals surface area contributed by atoms with Gasteiger partial charge in [-0.2, -0.15) is 0 Å². The summed E-state index contributed by atoms with van der Waals surface area (Å²) in [5, 5.41) is 2.49. The molecule has 0 saturated carbocycles. The van der Waals surface area contributed by atoms with Gasteiger partial charge in [-0.1, -0.05) is 36.4 Å². The van der Waals surface area contributed by atoms with Crippen molar-refractivity contribution in [2.24, 2.45) is 0 Å². The molecule has 0 saturated heterocycles. The van der Waals surface area contributed by atoms with Crippen LogP contribution in [-0.2, 0) is 4.74 Å². The second-order valence-corrected chi connectivity index (χ2v) is 4.23. The highest BCUT2D eigenvalue weighted by atomic mass is 16.6. The van der Waals surface area contributed by atoms with Crippen molar-refractivity contribution >= 4 is 23.6 Å². The van der Waals surface area contributed by atoms with Crippen molar-refractivity contribution in [3.05, 3.63) is 60.7 Å². The molecule has 2 amide bonds. The Bertz CT molecular complexity index is 599. The van der Waals surface area contributed by atoms with Crippen LogP contribution in [-0.4, -0.2) is 18.7 Å². The van der Waals surface area contributed by atoms with Gasteiger partial charge >= 0.3 is 12.2 Å². The van der Waals surface area contributed by atoms with Crippen LogP contribution in [0.3, 0.4) is 0 Å². The van der Waals surface area contributed by atoms with Gasteiger partial charge < -0.3 is 4.74 Å². The summed E-state index contributed by atoms with van der Waals surface area (Å²) in [6.07, 6.45) is -1.52. The molecule has 108 valence electrons. The summed E-state index contributed by atoms with van der Waals surface area (Å²) >= 11 is 0. The molecule has 0 bridgehead atoms. The highest BCUT2D eigenvalue weighted by Gasteiger charge is 2.18. The predicted octanol–water partition coefficient (Wildman–Crippen LogP) is 3.88. The van der Waals surface area contributed by atoms with Gasteiger partial charge in [-0.3, -0.25) is 10.2 Å². The fourth-order valence-corrected chi connectivity index (χ4v) is 1.82. The third kappa shape index (κ3) is 4.07. The SMILES string of the molecule is CCN(C(=O)OC(=O)Nc1ccccc1)c1ccccc1. The molecule has 2 aromatic rings. The molecule has 1 N–H and O–H groups in total. The van der Waals surface area contributed by atoms with Crippen molar-refractivity contribution in [2.45, 2.75) is 6.92 Å². The Balaban J connectivity index is 1.98. The molecular formula is C16H16N2O3. The van der Waals surface area contributed by atoms with E-state index in [0.29, 0.717) is 17.9 Å². The largest absolute Gasteiger partial charge is 0.423 e. The standard InChI is InChI=1S/C16H16N2O3/c1-2-18(14-11-7-4-8-12-14)16(20)21-15(19)17-13-9-5-3-6-10-13/h3-12H,2H2,1H3,(H,17,19). The second kappa shape index (κ2) is 7.09. The van der Waals surface area contributed by atoms with Gasteiger partial charge in [0.15, 0.2) is 0 Å². The highest BCUT2D eigenvalue weighted by molar-refractivity contribution is 5.98. The average Bonchev–Trinajstić information content (AvgIpc) is 2.50. The molecule has 0 heterocycles. The first-order chi connectivity index (χ1) is 10.2. The Labute approximate surface area is 123 Å². The minimum atomic E-state index is -0.805. The van der Waals surface area contributed by atoms with Gasteiger partial charge in [-0.25, -0.2) is 9.59 Å². The van der Waals surface area contributed by atoms with Gasteiger partial charge in [-0.15, -0.1) is 0 Å². The maximum absolute atomic E-state index is 12.0. The summed E-state index contributed by atoms with van der Waals surface area (Å²) in [5.74, 6) is 0. The third-order valence-electron chi connectivity index (χ3n) is 2.80. The van der Waals surface area contributed by atoms with Crippen LogP contribution in [0.2, 0.25) is 0 Å². The van der Waals surface area contributed by atoms with E-state index in [1.165, 1.54) is 4.90 Å². The summed E-state index contributed by atoms with van der Waals surface area (Å²) in [5.41, 5.74) is 1.25. The average molecular weight is 284 g/mol. The summed E-state index contributed by atoms with van der Waals surface area (Å²) in [6, 6.07) is 17.8. The summed E-state index contributed by atoms with van der Waals surface area (Å²) in [7, 11) is 0. The molecule has 2 rings (SSSR count). The molecule has 0 aromatic heterocycles. The smallest absolute Gasteiger partial charge is 0.359 e. The molecule has 0 aliphatic rings. The van der Waals surface area contributed by atoms with Crippen LogP contribution in [0.25, 0.3) is 0 Å². The van der Waals surface area contributed by atoms with E-state index in [1.807, 2.05) is 31.2 Å². The molecule has 0 atom stereocenters. The van der Waals surface area contributed by atoms with E-state index in [-0.39, 0.29) is 0 Å². The van der Waals surface area contributed by atoms with Crippen molar-refractivity contribution < 1.29 is 14.3 Å². The number of amides is 2. The minimum Gasteiger partial charge on any atom is -0.359 e. The van der Waals surface area contributed by atoms with E-state index >= 15 is 0 Å². The van der Waals surface area contributed by atoms with Crippen molar-refractivity contribution in [2.75, 3.05) is 16.8 Å². The van der Waals surface area contributed by atoms with Crippen LogP contribution < -0.4 is 10.2 Å². The lowest BCUT2D eigenvalue weighted by Gasteiger charge is -2.19. The van der Waals surface area contributed by atoms with E-state index < -0.39 is 12.2 Å². The van der Waals surface area contributed by atoms with Gasteiger partial charge in [0.1, 0.15) is 0 Å². The zero-order valence-electron chi connectivity index (χ0n) is 11.7. The highest BCUT2D eigenvalue weighted by Crippen LogP contribution is 2.14. The van der Waals surface area contributed by atoms with Crippen molar-refractivity contribution in [3.63, 3.8) is 0 Å². The van der Waals surface area contributed by atoms with E-state index in [2.05, 4.69) is 5.32 Å². The van der Waals surface area contributed by atoms with Gasteiger partial charge in [0, 0.05) is 17.9 Å². The van der Waals surface area contributed by atoms with Crippen LogP contribution in [0.5, 0.6) is 0 Å². The molecule has 2 aromatic carbocycles. The number of nitrogens with one attached hydrogen (secondary N) is 1. The van der Waals surface area contributed by atoms with Crippen LogP contribution in [0, 0.1) is 0 Å². The molecule has 21 heavy (non-hydrogen) atoms. The first-order valence-electron chi connectivity index (χ1n) is 6.61. The number of hydrogen-bond acceptors (Lipinski definition) is 3. The minimum absolute atomic E-state index is 0.404. The van der Waals surface area contributed by atoms with E-state index in [1.54, 1.807) is 36.4 Å². The Morgan fingerprint density at radius 3 is 2.14 bits per heavy atom. The molecule has 0 aliphatic heterocycles. The zero-order chi connectivity index (χ0) is 15.1. The Morgan fingerprint density at radius 2 is 1.57 bits per heavy atom. The lowest BCUT2D eigenvalue weighted by Crippen LogP contribution is -2.34. The van der Waals surface area contributed by atoms with Crippen molar-refractivity contribution in [1.29, 1.82) is 0 Å². The monoisotopic (exact) mass is 284 g/mol. The lowest BCUT2D eigenvalue weighted by molar-refractivity contribution is 0.165. The molecule has 5 heteroatoms. The maximum atomic E-state index is 12.0. The van der Waals surface area contributed by atoms with Crippen molar-refractivity contribution in [3.8, 4) is 0 Å². The maximum Gasteiger partial charge on any atom is 0.423 e. The van der Waals surface area contributed by atoms with Gasteiger partial charge in [0.05, 0.1) is 0 Å². The number of para-hydroxylation sites is 2. The predicted molar refractivity (Wildman–Crippen MR) is 81.4 cm³/mol. The lowest BCUT2D eigenvalue weighted by atomic mass is 10.3. The first-order valence-corrected chi connectivity index (χ1v) is 6.61. The first kappa shape index (κ1) is 14.6. The third-order valence-corrected chi connectivity index (χ3v) is 2.80. The van der Waals surface area contributed by atoms with E-state index in [9.17, 15) is 9.59 Å². The normalized spacial score (nSPS) is 9.76. The number of hydrogen-bond donors (Lipinski definition) is 1. The molecule has 0 aliphatic carbocycles. The fraction of sp³-hybridized carbons (Fsp3) is 0.125. The number of anilines is 2. The number of ether oxygens (including phenoxy) is 1. The number of carbonyl (C=O) groups excluding carboxylic acids is 2. The van der Waals surface area contributed by atoms with Crippen molar-refractivity contribution in [1.82, 2.24) is 0 Å². The Morgan fingerprint density at radius 1 is 1.00 bits per heavy atom. The molecule has 0 radical (unpaired) electrons.